The normalized spacial score (nSPS) is 12.4. The maximum atomic E-state index is 2.48. The van der Waals surface area contributed by atoms with Crippen LogP contribution in [-0.2, 0) is 5.41 Å². The van der Waals surface area contributed by atoms with Gasteiger partial charge in [0.15, 0.2) is 0 Å². The highest BCUT2D eigenvalue weighted by atomic mass is 15.1. The Hall–Kier alpha value is -8.52. The smallest absolute Gasteiger partial charge is 0.0714 e. The lowest BCUT2D eigenvalue weighted by atomic mass is 9.68. The van der Waals surface area contributed by atoms with Crippen molar-refractivity contribution in [3.05, 3.63) is 295 Å². The Bertz CT molecular complexity index is 3460. The summed E-state index contributed by atoms with van der Waals surface area (Å²) >= 11 is 0. The molecule has 11 aromatic carbocycles. The minimum Gasteiger partial charge on any atom is -0.310 e. The molecule has 310 valence electrons. The molecule has 0 aromatic heterocycles. The molecule has 11 aromatic rings. The Balaban J connectivity index is 1.03. The van der Waals surface area contributed by atoms with Gasteiger partial charge in [0.25, 0.3) is 0 Å². The fourth-order valence-corrected chi connectivity index (χ4v) is 10.6. The summed E-state index contributed by atoms with van der Waals surface area (Å²) < 4.78 is 0. The summed E-state index contributed by atoms with van der Waals surface area (Å²) in [7, 11) is 0. The van der Waals surface area contributed by atoms with Crippen molar-refractivity contribution in [1.82, 2.24) is 0 Å². The number of anilines is 3. The molecule has 0 atom stereocenters. The lowest BCUT2D eigenvalue weighted by molar-refractivity contribution is 0.768. The quantitative estimate of drug-likeness (QED) is 0.140. The molecule has 0 amide bonds. The van der Waals surface area contributed by atoms with E-state index in [4.69, 9.17) is 0 Å². The Morgan fingerprint density at radius 3 is 1.45 bits per heavy atom. The molecule has 1 aliphatic rings. The van der Waals surface area contributed by atoms with Crippen LogP contribution in [0.4, 0.5) is 17.1 Å². The average Bonchev–Trinajstić information content (AvgIpc) is 3.71. The summed E-state index contributed by atoms with van der Waals surface area (Å²) in [6.45, 7) is 0. The third-order valence-corrected chi connectivity index (χ3v) is 13.6. The summed E-state index contributed by atoms with van der Waals surface area (Å²) in [6, 6.07) is 100.0. The molecule has 1 heteroatoms. The second kappa shape index (κ2) is 16.6. The zero-order valence-electron chi connectivity index (χ0n) is 36.4. The predicted molar refractivity (Wildman–Crippen MR) is 278 cm³/mol. The van der Waals surface area contributed by atoms with E-state index < -0.39 is 5.41 Å². The summed E-state index contributed by atoms with van der Waals surface area (Å²) in [5, 5.41) is 2.52. The SMILES string of the molecule is c1ccc(-c2ccccc2-c2cccc(N(c3ccc(-c4ccc(-c5cccc6ccccc56)cc4)cc3)c3cccc4c3-c3ccccc3C4(c3ccccc3)c3ccccc3)c2)cc1. The zero-order valence-corrected chi connectivity index (χ0v) is 36.4. The lowest BCUT2D eigenvalue weighted by Gasteiger charge is -2.34. The third kappa shape index (κ3) is 6.56. The van der Waals surface area contributed by atoms with Crippen LogP contribution in [0.5, 0.6) is 0 Å². The first kappa shape index (κ1) is 39.1. The Morgan fingerprint density at radius 1 is 0.273 bits per heavy atom. The highest BCUT2D eigenvalue weighted by Crippen LogP contribution is 2.59. The maximum absolute atomic E-state index is 2.48. The zero-order chi connectivity index (χ0) is 43.9. The van der Waals surface area contributed by atoms with E-state index in [0.29, 0.717) is 0 Å². The molecular weight excluding hydrogens is 795 g/mol. The number of nitrogens with zero attached hydrogens (tertiary/aromatic N) is 1. The van der Waals surface area contributed by atoms with E-state index >= 15 is 0 Å². The van der Waals surface area contributed by atoms with Crippen molar-refractivity contribution in [2.45, 2.75) is 5.41 Å². The topological polar surface area (TPSA) is 3.24 Å². The van der Waals surface area contributed by atoms with Crippen molar-refractivity contribution in [1.29, 1.82) is 0 Å². The van der Waals surface area contributed by atoms with Gasteiger partial charge in [0.2, 0.25) is 0 Å². The molecule has 0 aliphatic heterocycles. The van der Waals surface area contributed by atoms with E-state index in [9.17, 15) is 0 Å². The molecule has 12 rings (SSSR count). The van der Waals surface area contributed by atoms with Crippen LogP contribution in [0.25, 0.3) is 66.4 Å². The molecule has 1 nitrogen and oxygen atoms in total. The highest BCUT2D eigenvalue weighted by Gasteiger charge is 2.47. The standard InChI is InChI=1S/C65H45N/c1-4-19-48(20-5-1)57-30-12-13-31-59(57)51-23-16-28-55(45-51)66(54-43-41-47(42-44-54)46-37-39-50(40-38-46)58-33-17-22-49-21-10-11-29-56(49)58)63-36-18-35-62-64(63)60-32-14-15-34-61(60)65(62,52-24-6-2-7-25-52)53-26-8-3-9-27-53/h1-45H. The van der Waals surface area contributed by atoms with E-state index in [-0.39, 0.29) is 0 Å². The third-order valence-electron chi connectivity index (χ3n) is 13.6. The van der Waals surface area contributed by atoms with Gasteiger partial charge in [-0.2, -0.15) is 0 Å². The van der Waals surface area contributed by atoms with E-state index in [2.05, 4.69) is 278 Å². The Labute approximate surface area is 387 Å². The molecule has 0 radical (unpaired) electrons. The van der Waals surface area contributed by atoms with Crippen molar-refractivity contribution in [2.75, 3.05) is 4.90 Å². The predicted octanol–water partition coefficient (Wildman–Crippen LogP) is 17.3. The van der Waals surface area contributed by atoms with Gasteiger partial charge in [-0.05, 0) is 113 Å². The molecule has 0 spiro atoms. The number of hydrogen-bond acceptors (Lipinski definition) is 1. The van der Waals surface area contributed by atoms with Crippen LogP contribution in [0.15, 0.2) is 273 Å². The van der Waals surface area contributed by atoms with Gasteiger partial charge in [-0.3, -0.25) is 0 Å². The summed E-state index contributed by atoms with van der Waals surface area (Å²) in [5.41, 5.74) is 19.9. The molecule has 1 aliphatic carbocycles. The van der Waals surface area contributed by atoms with Crippen LogP contribution in [0, 0.1) is 0 Å². The minimum absolute atomic E-state index is 0.519. The van der Waals surface area contributed by atoms with Crippen molar-refractivity contribution in [3.63, 3.8) is 0 Å². The van der Waals surface area contributed by atoms with Gasteiger partial charge < -0.3 is 4.90 Å². The van der Waals surface area contributed by atoms with Crippen LogP contribution in [0.2, 0.25) is 0 Å². The van der Waals surface area contributed by atoms with E-state index in [1.807, 2.05) is 0 Å². The molecule has 0 bridgehead atoms. The maximum Gasteiger partial charge on any atom is 0.0714 e. The fourth-order valence-electron chi connectivity index (χ4n) is 10.6. The number of rotatable bonds is 9. The average molecular weight is 840 g/mol. The molecule has 0 N–H and O–H groups in total. The van der Waals surface area contributed by atoms with Crippen molar-refractivity contribution < 1.29 is 0 Å². The first-order chi connectivity index (χ1) is 32.8. The van der Waals surface area contributed by atoms with E-state index in [1.54, 1.807) is 0 Å². The number of benzene rings is 11. The lowest BCUT2D eigenvalue weighted by Crippen LogP contribution is -2.28. The molecule has 0 unspecified atom stereocenters. The second-order valence-corrected chi connectivity index (χ2v) is 17.2. The van der Waals surface area contributed by atoms with Gasteiger partial charge in [-0.25, -0.2) is 0 Å². The van der Waals surface area contributed by atoms with Crippen LogP contribution in [0.1, 0.15) is 22.3 Å². The molecule has 0 saturated heterocycles. The summed E-state index contributed by atoms with van der Waals surface area (Å²) in [4.78, 5) is 2.48. The monoisotopic (exact) mass is 839 g/mol. The van der Waals surface area contributed by atoms with Crippen molar-refractivity contribution in [2.24, 2.45) is 0 Å². The molecule has 0 fully saturated rings. The van der Waals surface area contributed by atoms with Crippen LogP contribution < -0.4 is 4.90 Å². The van der Waals surface area contributed by atoms with Crippen molar-refractivity contribution >= 4 is 27.8 Å². The number of hydrogen-bond donors (Lipinski definition) is 0. The number of fused-ring (bicyclic) bond motifs is 4. The fraction of sp³-hybridized carbons (Fsp3) is 0.0154. The summed E-state index contributed by atoms with van der Waals surface area (Å²) in [6.07, 6.45) is 0. The highest BCUT2D eigenvalue weighted by molar-refractivity contribution is 5.99. The van der Waals surface area contributed by atoms with E-state index in [1.165, 1.54) is 83.1 Å². The van der Waals surface area contributed by atoms with Crippen LogP contribution >= 0.6 is 0 Å². The summed E-state index contributed by atoms with van der Waals surface area (Å²) in [5.74, 6) is 0. The molecule has 0 heterocycles. The first-order valence-electron chi connectivity index (χ1n) is 22.8. The van der Waals surface area contributed by atoms with Crippen molar-refractivity contribution in [3.8, 4) is 55.6 Å². The van der Waals surface area contributed by atoms with Crippen LogP contribution in [0.3, 0.4) is 0 Å². The van der Waals surface area contributed by atoms with Gasteiger partial charge in [0.1, 0.15) is 0 Å². The Morgan fingerprint density at radius 2 is 0.742 bits per heavy atom. The van der Waals surface area contributed by atoms with Crippen LogP contribution in [-0.4, -0.2) is 0 Å². The van der Waals surface area contributed by atoms with Gasteiger partial charge >= 0.3 is 0 Å². The van der Waals surface area contributed by atoms with Gasteiger partial charge in [-0.15, -0.1) is 0 Å². The van der Waals surface area contributed by atoms with Gasteiger partial charge in [0.05, 0.1) is 11.1 Å². The van der Waals surface area contributed by atoms with Gasteiger partial charge in [-0.1, -0.05) is 243 Å². The van der Waals surface area contributed by atoms with E-state index in [0.717, 1.165) is 22.6 Å². The second-order valence-electron chi connectivity index (χ2n) is 17.2. The van der Waals surface area contributed by atoms with Gasteiger partial charge in [0, 0.05) is 16.9 Å². The first-order valence-corrected chi connectivity index (χ1v) is 22.8. The molecule has 0 saturated carbocycles. The molecule has 66 heavy (non-hydrogen) atoms. The Kier molecular flexibility index (Phi) is 9.81. The molecular formula is C65H45N. The minimum atomic E-state index is -0.519. The largest absolute Gasteiger partial charge is 0.310 e.